The van der Waals surface area contributed by atoms with E-state index in [9.17, 15) is 0 Å². The third-order valence-electron chi connectivity index (χ3n) is 2.54. The van der Waals surface area contributed by atoms with Crippen LogP contribution in [-0.2, 0) is 6.54 Å². The van der Waals surface area contributed by atoms with E-state index in [0.29, 0.717) is 0 Å². The van der Waals surface area contributed by atoms with Gasteiger partial charge in [-0.1, -0.05) is 6.07 Å². The summed E-state index contributed by atoms with van der Waals surface area (Å²) in [5.41, 5.74) is 2.30. The minimum Gasteiger partial charge on any atom is -0.314 e. The SMILES string of the molecule is Cc1cccc(CN2CCNCC2)n1. The molecule has 2 heterocycles. The van der Waals surface area contributed by atoms with Gasteiger partial charge in [0, 0.05) is 38.4 Å². The van der Waals surface area contributed by atoms with Crippen LogP contribution in [0, 0.1) is 6.92 Å². The second-order valence-corrected chi connectivity index (χ2v) is 3.80. The van der Waals surface area contributed by atoms with Gasteiger partial charge >= 0.3 is 0 Å². The molecular weight excluding hydrogens is 174 g/mol. The van der Waals surface area contributed by atoms with Crippen LogP contribution in [0.3, 0.4) is 0 Å². The predicted octanol–water partition coefficient (Wildman–Crippen LogP) is 0.795. The molecule has 1 aromatic heterocycles. The Morgan fingerprint density at radius 3 is 2.86 bits per heavy atom. The fourth-order valence-corrected chi connectivity index (χ4v) is 1.79. The van der Waals surface area contributed by atoms with Gasteiger partial charge < -0.3 is 5.32 Å². The van der Waals surface area contributed by atoms with Gasteiger partial charge in [-0.3, -0.25) is 9.88 Å². The van der Waals surface area contributed by atoms with Crippen LogP contribution in [0.25, 0.3) is 0 Å². The topological polar surface area (TPSA) is 28.2 Å². The van der Waals surface area contributed by atoms with Gasteiger partial charge in [-0.25, -0.2) is 0 Å². The largest absolute Gasteiger partial charge is 0.314 e. The molecule has 0 aliphatic carbocycles. The highest BCUT2D eigenvalue weighted by molar-refractivity contribution is 5.09. The van der Waals surface area contributed by atoms with Gasteiger partial charge in [0.1, 0.15) is 0 Å². The zero-order valence-electron chi connectivity index (χ0n) is 8.66. The minimum absolute atomic E-state index is 0.989. The summed E-state index contributed by atoms with van der Waals surface area (Å²) in [6.45, 7) is 7.51. The summed E-state index contributed by atoms with van der Waals surface area (Å²) in [5, 5.41) is 3.35. The van der Waals surface area contributed by atoms with Crippen LogP contribution in [0.4, 0.5) is 0 Å². The van der Waals surface area contributed by atoms with Gasteiger partial charge in [-0.2, -0.15) is 0 Å². The fraction of sp³-hybridized carbons (Fsp3) is 0.545. The van der Waals surface area contributed by atoms with Crippen molar-refractivity contribution in [2.45, 2.75) is 13.5 Å². The maximum atomic E-state index is 4.51. The van der Waals surface area contributed by atoms with E-state index in [4.69, 9.17) is 0 Å². The van der Waals surface area contributed by atoms with Gasteiger partial charge in [0.15, 0.2) is 0 Å². The van der Waals surface area contributed by atoms with Crippen molar-refractivity contribution >= 4 is 0 Å². The second-order valence-electron chi connectivity index (χ2n) is 3.80. The molecule has 1 aromatic rings. The molecule has 0 spiro atoms. The molecule has 2 rings (SSSR count). The lowest BCUT2D eigenvalue weighted by Gasteiger charge is -2.26. The molecule has 1 saturated heterocycles. The Hall–Kier alpha value is -0.930. The molecular formula is C11H17N3. The lowest BCUT2D eigenvalue weighted by Crippen LogP contribution is -2.43. The molecule has 14 heavy (non-hydrogen) atoms. The van der Waals surface area contributed by atoms with Crippen molar-refractivity contribution in [3.05, 3.63) is 29.6 Å². The molecule has 0 radical (unpaired) electrons. The third-order valence-corrected chi connectivity index (χ3v) is 2.54. The highest BCUT2D eigenvalue weighted by Gasteiger charge is 2.09. The van der Waals surface area contributed by atoms with Crippen LogP contribution in [0.2, 0.25) is 0 Å². The lowest BCUT2D eigenvalue weighted by molar-refractivity contribution is 0.230. The van der Waals surface area contributed by atoms with E-state index in [-0.39, 0.29) is 0 Å². The van der Waals surface area contributed by atoms with Crippen LogP contribution >= 0.6 is 0 Å². The summed E-state index contributed by atoms with van der Waals surface area (Å²) < 4.78 is 0. The Morgan fingerprint density at radius 1 is 1.36 bits per heavy atom. The van der Waals surface area contributed by atoms with E-state index in [1.165, 1.54) is 5.69 Å². The van der Waals surface area contributed by atoms with Gasteiger partial charge in [0.2, 0.25) is 0 Å². The van der Waals surface area contributed by atoms with Gasteiger partial charge in [-0.15, -0.1) is 0 Å². The summed E-state index contributed by atoms with van der Waals surface area (Å²) in [7, 11) is 0. The number of piperazine rings is 1. The second kappa shape index (κ2) is 4.53. The summed E-state index contributed by atoms with van der Waals surface area (Å²) in [6.07, 6.45) is 0. The van der Waals surface area contributed by atoms with Crippen LogP contribution in [0.1, 0.15) is 11.4 Å². The number of rotatable bonds is 2. The number of nitrogens with zero attached hydrogens (tertiary/aromatic N) is 2. The standard InChI is InChI=1S/C11H17N3/c1-10-3-2-4-11(13-10)9-14-7-5-12-6-8-14/h2-4,12H,5-9H2,1H3. The van der Waals surface area contributed by atoms with Crippen molar-refractivity contribution < 1.29 is 0 Å². The molecule has 0 atom stereocenters. The van der Waals surface area contributed by atoms with Crippen LogP contribution in [-0.4, -0.2) is 36.1 Å². The number of pyridine rings is 1. The molecule has 3 heteroatoms. The normalized spacial score (nSPS) is 18.4. The highest BCUT2D eigenvalue weighted by Crippen LogP contribution is 2.03. The quantitative estimate of drug-likeness (QED) is 0.749. The van der Waals surface area contributed by atoms with Crippen molar-refractivity contribution in [3.8, 4) is 0 Å². The van der Waals surface area contributed by atoms with Crippen LogP contribution < -0.4 is 5.32 Å². The number of aromatic nitrogens is 1. The van der Waals surface area contributed by atoms with Crippen molar-refractivity contribution in [2.75, 3.05) is 26.2 Å². The molecule has 1 aliphatic rings. The molecule has 0 saturated carbocycles. The molecule has 1 aliphatic heterocycles. The van der Waals surface area contributed by atoms with E-state index < -0.39 is 0 Å². The molecule has 0 bridgehead atoms. The third kappa shape index (κ3) is 2.53. The van der Waals surface area contributed by atoms with Crippen molar-refractivity contribution in [2.24, 2.45) is 0 Å². The lowest BCUT2D eigenvalue weighted by atomic mass is 10.2. The van der Waals surface area contributed by atoms with E-state index in [0.717, 1.165) is 38.4 Å². The summed E-state index contributed by atoms with van der Waals surface area (Å²) in [6, 6.07) is 6.23. The molecule has 1 fully saturated rings. The Kier molecular flexibility index (Phi) is 3.11. The Morgan fingerprint density at radius 2 is 2.14 bits per heavy atom. The Labute approximate surface area is 85.1 Å². The molecule has 0 aromatic carbocycles. The number of aryl methyl sites for hydroxylation is 1. The van der Waals surface area contributed by atoms with E-state index in [1.807, 2.05) is 13.0 Å². The van der Waals surface area contributed by atoms with Crippen molar-refractivity contribution in [1.82, 2.24) is 15.2 Å². The molecule has 0 amide bonds. The molecule has 0 unspecified atom stereocenters. The minimum atomic E-state index is 0.989. The highest BCUT2D eigenvalue weighted by atomic mass is 15.2. The van der Waals surface area contributed by atoms with E-state index in [2.05, 4.69) is 27.3 Å². The number of nitrogens with one attached hydrogen (secondary N) is 1. The van der Waals surface area contributed by atoms with E-state index >= 15 is 0 Å². The zero-order chi connectivity index (χ0) is 9.80. The average Bonchev–Trinajstić information content (AvgIpc) is 2.19. The van der Waals surface area contributed by atoms with Crippen molar-refractivity contribution in [3.63, 3.8) is 0 Å². The summed E-state index contributed by atoms with van der Waals surface area (Å²) in [4.78, 5) is 6.95. The molecule has 1 N–H and O–H groups in total. The summed E-state index contributed by atoms with van der Waals surface area (Å²) in [5.74, 6) is 0. The van der Waals surface area contributed by atoms with Crippen LogP contribution in [0.15, 0.2) is 18.2 Å². The maximum absolute atomic E-state index is 4.51. The zero-order valence-corrected chi connectivity index (χ0v) is 8.66. The maximum Gasteiger partial charge on any atom is 0.0547 e. The first-order valence-corrected chi connectivity index (χ1v) is 5.20. The first-order valence-electron chi connectivity index (χ1n) is 5.20. The summed E-state index contributed by atoms with van der Waals surface area (Å²) >= 11 is 0. The molecule has 3 nitrogen and oxygen atoms in total. The number of hydrogen-bond acceptors (Lipinski definition) is 3. The van der Waals surface area contributed by atoms with Crippen LogP contribution in [0.5, 0.6) is 0 Å². The average molecular weight is 191 g/mol. The molecule has 76 valence electrons. The van der Waals surface area contributed by atoms with Gasteiger partial charge in [-0.05, 0) is 19.1 Å². The fourth-order valence-electron chi connectivity index (χ4n) is 1.79. The Balaban J connectivity index is 1.95. The van der Waals surface area contributed by atoms with Crippen molar-refractivity contribution in [1.29, 1.82) is 0 Å². The first-order chi connectivity index (χ1) is 6.84. The first kappa shape index (κ1) is 9.62. The van der Waals surface area contributed by atoms with E-state index in [1.54, 1.807) is 0 Å². The smallest absolute Gasteiger partial charge is 0.0547 e. The van der Waals surface area contributed by atoms with Gasteiger partial charge in [0.25, 0.3) is 0 Å². The predicted molar refractivity (Wildman–Crippen MR) is 57.1 cm³/mol. The monoisotopic (exact) mass is 191 g/mol. The van der Waals surface area contributed by atoms with Gasteiger partial charge in [0.05, 0.1) is 5.69 Å². The number of hydrogen-bond donors (Lipinski definition) is 1. The Bertz CT molecular complexity index is 292.